The van der Waals surface area contributed by atoms with Crippen LogP contribution in [-0.2, 0) is 9.53 Å². The van der Waals surface area contributed by atoms with Gasteiger partial charge in [-0.3, -0.25) is 10.2 Å². The van der Waals surface area contributed by atoms with Crippen LogP contribution < -0.4 is 11.2 Å². The number of hydrazine groups is 1. The summed E-state index contributed by atoms with van der Waals surface area (Å²) in [5, 5.41) is 2.18. The highest BCUT2D eigenvalue weighted by atomic mass is 16.5. The van der Waals surface area contributed by atoms with Gasteiger partial charge in [0.25, 0.3) is 0 Å². The van der Waals surface area contributed by atoms with Crippen LogP contribution in [0.4, 0.5) is 0 Å². The first-order valence-electron chi connectivity index (χ1n) is 6.00. The molecule has 1 aliphatic rings. The number of carbonyl (C=O) groups excluding carboxylic acids is 1. The van der Waals surface area contributed by atoms with Crippen molar-refractivity contribution in [2.24, 2.45) is 11.7 Å². The van der Waals surface area contributed by atoms with Crippen LogP contribution in [0.25, 0.3) is 0 Å². The van der Waals surface area contributed by atoms with E-state index in [-0.39, 0.29) is 11.8 Å². The number of nitrogens with one attached hydrogen (secondary N) is 1. The molecule has 0 bridgehead atoms. The fourth-order valence-corrected chi connectivity index (χ4v) is 1.81. The number of primary amides is 1. The highest BCUT2D eigenvalue weighted by molar-refractivity contribution is 5.73. The van der Waals surface area contributed by atoms with Gasteiger partial charge in [0, 0.05) is 26.1 Å². The molecule has 1 fully saturated rings. The Kier molecular flexibility index (Phi) is 5.73. The Morgan fingerprint density at radius 3 is 3.06 bits per heavy atom. The third kappa shape index (κ3) is 4.92. The number of ether oxygens (including phenoxy) is 1. The smallest absolute Gasteiger partial charge is 0.217 e. The van der Waals surface area contributed by atoms with Gasteiger partial charge in [0.05, 0.1) is 12.7 Å². The number of hydrogen-bond donors (Lipinski definition) is 2. The molecule has 16 heavy (non-hydrogen) atoms. The third-order valence-electron chi connectivity index (χ3n) is 2.81. The van der Waals surface area contributed by atoms with Gasteiger partial charge in [-0.1, -0.05) is 13.8 Å². The summed E-state index contributed by atoms with van der Waals surface area (Å²) < 4.78 is 5.57. The Morgan fingerprint density at radius 1 is 1.69 bits per heavy atom. The molecule has 1 amide bonds. The lowest BCUT2D eigenvalue weighted by molar-refractivity contribution is -0.118. The van der Waals surface area contributed by atoms with Gasteiger partial charge in [0.1, 0.15) is 0 Å². The van der Waals surface area contributed by atoms with E-state index in [0.717, 1.165) is 32.7 Å². The summed E-state index contributed by atoms with van der Waals surface area (Å²) in [5.74, 6) is 0.0446. The number of amides is 1. The number of nitrogens with zero attached hydrogens (tertiary/aromatic N) is 1. The molecule has 3 N–H and O–H groups in total. The normalized spacial score (nSPS) is 24.2. The Labute approximate surface area is 97.3 Å². The van der Waals surface area contributed by atoms with Crippen LogP contribution in [0.3, 0.4) is 0 Å². The zero-order valence-corrected chi connectivity index (χ0v) is 10.2. The first-order valence-corrected chi connectivity index (χ1v) is 6.00. The van der Waals surface area contributed by atoms with E-state index in [0.29, 0.717) is 12.5 Å². The molecule has 1 saturated heterocycles. The molecule has 1 aliphatic heterocycles. The monoisotopic (exact) mass is 229 g/mol. The molecular weight excluding hydrogens is 206 g/mol. The molecule has 1 rings (SSSR count). The lowest BCUT2D eigenvalue weighted by Gasteiger charge is -2.33. The maximum atomic E-state index is 10.7. The molecule has 0 aromatic carbocycles. The van der Waals surface area contributed by atoms with Crippen molar-refractivity contribution in [2.45, 2.75) is 32.8 Å². The molecule has 1 heterocycles. The number of carbonyl (C=O) groups is 1. The number of hydrogen-bond acceptors (Lipinski definition) is 4. The Balaban J connectivity index is 2.18. The molecule has 0 aromatic heterocycles. The Bertz CT molecular complexity index is 223. The molecule has 2 atom stereocenters. The van der Waals surface area contributed by atoms with E-state index < -0.39 is 0 Å². The predicted octanol–water partition coefficient (Wildman–Crippen LogP) is 0.113. The zero-order chi connectivity index (χ0) is 12.0. The molecular formula is C11H23N3O2. The van der Waals surface area contributed by atoms with E-state index >= 15 is 0 Å². The van der Waals surface area contributed by atoms with Gasteiger partial charge in [0.15, 0.2) is 0 Å². The molecule has 0 aromatic rings. The molecule has 0 aliphatic carbocycles. The Morgan fingerprint density at radius 2 is 2.44 bits per heavy atom. The second-order valence-corrected chi connectivity index (χ2v) is 4.48. The average Bonchev–Trinajstić information content (AvgIpc) is 2.26. The maximum absolute atomic E-state index is 10.7. The highest BCUT2D eigenvalue weighted by Gasteiger charge is 2.19. The summed E-state index contributed by atoms with van der Waals surface area (Å²) in [5.41, 5.74) is 8.48. The second-order valence-electron chi connectivity index (χ2n) is 4.48. The van der Waals surface area contributed by atoms with Crippen molar-refractivity contribution in [3.63, 3.8) is 0 Å². The highest BCUT2D eigenvalue weighted by Crippen LogP contribution is 2.06. The summed E-state index contributed by atoms with van der Waals surface area (Å²) in [6, 6.07) is 0. The van der Waals surface area contributed by atoms with Crippen molar-refractivity contribution in [3.05, 3.63) is 0 Å². The molecule has 2 unspecified atom stereocenters. The van der Waals surface area contributed by atoms with Crippen LogP contribution in [0.5, 0.6) is 0 Å². The summed E-state index contributed by atoms with van der Waals surface area (Å²) in [6.45, 7) is 7.54. The topological polar surface area (TPSA) is 67.6 Å². The first kappa shape index (κ1) is 13.4. The summed E-state index contributed by atoms with van der Waals surface area (Å²) >= 11 is 0. The van der Waals surface area contributed by atoms with E-state index in [1.54, 1.807) is 0 Å². The van der Waals surface area contributed by atoms with Crippen LogP contribution in [-0.4, -0.2) is 43.3 Å². The molecule has 0 radical (unpaired) electrons. The van der Waals surface area contributed by atoms with Crippen molar-refractivity contribution in [3.8, 4) is 0 Å². The van der Waals surface area contributed by atoms with Crippen LogP contribution in [0.15, 0.2) is 0 Å². The van der Waals surface area contributed by atoms with E-state index in [9.17, 15) is 4.79 Å². The van der Waals surface area contributed by atoms with Crippen molar-refractivity contribution in [2.75, 3.05) is 26.2 Å². The van der Waals surface area contributed by atoms with E-state index in [1.165, 1.54) is 0 Å². The van der Waals surface area contributed by atoms with Crippen molar-refractivity contribution < 1.29 is 9.53 Å². The van der Waals surface area contributed by atoms with Gasteiger partial charge in [-0.15, -0.1) is 0 Å². The predicted molar refractivity (Wildman–Crippen MR) is 62.6 cm³/mol. The second kappa shape index (κ2) is 6.83. The van der Waals surface area contributed by atoms with Gasteiger partial charge < -0.3 is 10.5 Å². The van der Waals surface area contributed by atoms with Gasteiger partial charge in [0.2, 0.25) is 5.91 Å². The van der Waals surface area contributed by atoms with Gasteiger partial charge in [-0.25, -0.2) is 5.01 Å². The van der Waals surface area contributed by atoms with Crippen molar-refractivity contribution >= 4 is 5.91 Å². The van der Waals surface area contributed by atoms with Gasteiger partial charge in [-0.05, 0) is 12.3 Å². The first-order chi connectivity index (χ1) is 7.61. The number of nitrogens with two attached hydrogens (primary N) is 1. The molecule has 5 heteroatoms. The lowest BCUT2D eigenvalue weighted by Crippen LogP contribution is -2.50. The quantitative estimate of drug-likeness (QED) is 0.678. The van der Waals surface area contributed by atoms with Crippen LogP contribution in [0, 0.1) is 5.92 Å². The fraction of sp³-hybridized carbons (Fsp3) is 0.909. The number of morpholine rings is 1. The minimum Gasteiger partial charge on any atom is -0.375 e. The SMILES string of the molecule is CCC1CN(NCC(C)CC(N)=O)CCO1. The van der Waals surface area contributed by atoms with Gasteiger partial charge >= 0.3 is 0 Å². The molecule has 0 spiro atoms. The van der Waals surface area contributed by atoms with Gasteiger partial charge in [-0.2, -0.15) is 0 Å². The van der Waals surface area contributed by atoms with Crippen molar-refractivity contribution in [1.82, 2.24) is 10.4 Å². The van der Waals surface area contributed by atoms with Crippen LogP contribution in [0.2, 0.25) is 0 Å². The standard InChI is InChI=1S/C11H23N3O2/c1-3-10-8-14(4-5-16-10)13-7-9(2)6-11(12)15/h9-10,13H,3-8H2,1-2H3,(H2,12,15). The average molecular weight is 229 g/mol. The van der Waals surface area contributed by atoms with E-state index in [1.807, 2.05) is 6.92 Å². The molecule has 94 valence electrons. The minimum atomic E-state index is -0.234. The van der Waals surface area contributed by atoms with Crippen LogP contribution >= 0.6 is 0 Å². The Hall–Kier alpha value is -0.650. The summed E-state index contributed by atoms with van der Waals surface area (Å²) in [6.07, 6.45) is 1.80. The van der Waals surface area contributed by atoms with E-state index in [4.69, 9.17) is 10.5 Å². The minimum absolute atomic E-state index is 0.234. The summed E-state index contributed by atoms with van der Waals surface area (Å²) in [4.78, 5) is 10.7. The van der Waals surface area contributed by atoms with Crippen molar-refractivity contribution in [1.29, 1.82) is 0 Å². The molecule has 5 nitrogen and oxygen atoms in total. The number of rotatable bonds is 6. The summed E-state index contributed by atoms with van der Waals surface area (Å²) in [7, 11) is 0. The third-order valence-corrected chi connectivity index (χ3v) is 2.81. The van der Waals surface area contributed by atoms with Crippen LogP contribution in [0.1, 0.15) is 26.7 Å². The lowest BCUT2D eigenvalue weighted by atomic mass is 10.1. The zero-order valence-electron chi connectivity index (χ0n) is 10.2. The fourth-order valence-electron chi connectivity index (χ4n) is 1.81. The largest absolute Gasteiger partial charge is 0.375 e. The van der Waals surface area contributed by atoms with E-state index in [2.05, 4.69) is 17.4 Å². The molecule has 0 saturated carbocycles. The maximum Gasteiger partial charge on any atom is 0.217 e.